The molecule has 4 atom stereocenters. The summed E-state index contributed by atoms with van der Waals surface area (Å²) < 4.78 is 11.8. The Morgan fingerprint density at radius 1 is 1.32 bits per heavy atom. The highest BCUT2D eigenvalue weighted by atomic mass is 16.5. The Bertz CT molecular complexity index is 480. The van der Waals surface area contributed by atoms with Crippen LogP contribution in [-0.2, 0) is 9.47 Å². The van der Waals surface area contributed by atoms with Crippen LogP contribution in [0.2, 0.25) is 0 Å². The van der Waals surface area contributed by atoms with Crippen LogP contribution in [0.3, 0.4) is 0 Å². The molecule has 2 N–H and O–H groups in total. The van der Waals surface area contributed by atoms with E-state index in [9.17, 15) is 0 Å². The van der Waals surface area contributed by atoms with E-state index < -0.39 is 0 Å². The summed E-state index contributed by atoms with van der Waals surface area (Å²) in [5.74, 6) is 1.60. The van der Waals surface area contributed by atoms with Crippen LogP contribution in [0, 0.1) is 16.7 Å². The predicted octanol–water partition coefficient (Wildman–Crippen LogP) is 2.95. The van der Waals surface area contributed by atoms with Crippen molar-refractivity contribution in [1.29, 1.82) is 0 Å². The van der Waals surface area contributed by atoms with Gasteiger partial charge in [-0.3, -0.25) is 4.99 Å². The molecule has 2 saturated carbocycles. The van der Waals surface area contributed by atoms with Gasteiger partial charge in [0, 0.05) is 37.6 Å². The Morgan fingerprint density at radius 2 is 2.04 bits per heavy atom. The molecule has 25 heavy (non-hydrogen) atoms. The first kappa shape index (κ1) is 19.0. The SMILES string of the molecule is CCNC(=NCC(OC)C(C)(C)C)NC1C2CCOC2C12CCCC2. The number of hydrogen-bond acceptors (Lipinski definition) is 3. The molecule has 1 heterocycles. The lowest BCUT2D eigenvalue weighted by atomic mass is 9.54. The molecular formula is C20H37N3O2. The van der Waals surface area contributed by atoms with Gasteiger partial charge in [0.15, 0.2) is 5.96 Å². The summed E-state index contributed by atoms with van der Waals surface area (Å²) in [5, 5.41) is 7.23. The largest absolute Gasteiger partial charge is 0.379 e. The summed E-state index contributed by atoms with van der Waals surface area (Å²) in [6, 6.07) is 0.510. The summed E-state index contributed by atoms with van der Waals surface area (Å²) >= 11 is 0. The fraction of sp³-hybridized carbons (Fsp3) is 0.950. The topological polar surface area (TPSA) is 54.9 Å². The second-order valence-corrected chi connectivity index (χ2v) is 9.12. The minimum atomic E-state index is 0.0864. The normalized spacial score (nSPS) is 32.4. The Hall–Kier alpha value is -0.810. The Kier molecular flexibility index (Phi) is 5.64. The lowest BCUT2D eigenvalue weighted by molar-refractivity contribution is -0.125. The zero-order valence-electron chi connectivity index (χ0n) is 16.7. The molecule has 3 rings (SSSR count). The van der Waals surface area contributed by atoms with Gasteiger partial charge < -0.3 is 20.1 Å². The number of fused-ring (bicyclic) bond motifs is 2. The van der Waals surface area contributed by atoms with E-state index in [1.165, 1.54) is 32.1 Å². The number of aliphatic imine (C=N–C) groups is 1. The molecule has 0 radical (unpaired) electrons. The van der Waals surface area contributed by atoms with E-state index in [2.05, 4.69) is 38.3 Å². The fourth-order valence-electron chi connectivity index (χ4n) is 5.25. The zero-order chi connectivity index (χ0) is 18.1. The molecule has 3 fully saturated rings. The number of ether oxygens (including phenoxy) is 2. The number of nitrogens with zero attached hydrogens (tertiary/aromatic N) is 1. The first-order valence-electron chi connectivity index (χ1n) is 10.1. The van der Waals surface area contributed by atoms with Crippen LogP contribution in [0.5, 0.6) is 0 Å². The van der Waals surface area contributed by atoms with Gasteiger partial charge in [0.25, 0.3) is 0 Å². The molecular weight excluding hydrogens is 314 g/mol. The molecule has 2 aliphatic carbocycles. The van der Waals surface area contributed by atoms with E-state index in [-0.39, 0.29) is 11.5 Å². The maximum atomic E-state index is 6.10. The first-order chi connectivity index (χ1) is 11.9. The monoisotopic (exact) mass is 351 g/mol. The summed E-state index contributed by atoms with van der Waals surface area (Å²) in [7, 11) is 1.78. The molecule has 4 unspecified atom stereocenters. The van der Waals surface area contributed by atoms with Crippen molar-refractivity contribution in [3.8, 4) is 0 Å². The van der Waals surface area contributed by atoms with Crippen LogP contribution in [-0.4, -0.2) is 51.0 Å². The molecule has 1 saturated heterocycles. The third-order valence-electron chi connectivity index (χ3n) is 6.59. The van der Waals surface area contributed by atoms with Crippen LogP contribution < -0.4 is 10.6 Å². The molecule has 1 aliphatic heterocycles. The quantitative estimate of drug-likeness (QED) is 0.591. The minimum absolute atomic E-state index is 0.0864. The molecule has 5 heteroatoms. The van der Waals surface area contributed by atoms with Crippen LogP contribution in [0.4, 0.5) is 0 Å². The first-order valence-corrected chi connectivity index (χ1v) is 10.1. The van der Waals surface area contributed by atoms with Crippen LogP contribution in [0.25, 0.3) is 0 Å². The lowest BCUT2D eigenvalue weighted by Crippen LogP contribution is -2.69. The van der Waals surface area contributed by atoms with Gasteiger partial charge in [-0.05, 0) is 31.6 Å². The van der Waals surface area contributed by atoms with Gasteiger partial charge in [-0.1, -0.05) is 33.6 Å². The number of hydrogen-bond donors (Lipinski definition) is 2. The Morgan fingerprint density at radius 3 is 2.64 bits per heavy atom. The van der Waals surface area contributed by atoms with Crippen LogP contribution in [0.15, 0.2) is 4.99 Å². The minimum Gasteiger partial charge on any atom is -0.379 e. The molecule has 0 bridgehead atoms. The van der Waals surface area contributed by atoms with Gasteiger partial charge in [0.05, 0.1) is 18.8 Å². The fourth-order valence-corrected chi connectivity index (χ4v) is 5.25. The highest BCUT2D eigenvalue weighted by Crippen LogP contribution is 2.60. The third kappa shape index (κ3) is 3.55. The van der Waals surface area contributed by atoms with E-state index in [1.54, 1.807) is 7.11 Å². The molecule has 1 spiro atoms. The molecule has 0 aromatic rings. The van der Waals surface area contributed by atoms with Gasteiger partial charge in [-0.2, -0.15) is 0 Å². The van der Waals surface area contributed by atoms with E-state index in [0.717, 1.165) is 19.1 Å². The van der Waals surface area contributed by atoms with Crippen molar-refractivity contribution < 1.29 is 9.47 Å². The van der Waals surface area contributed by atoms with Crippen molar-refractivity contribution >= 4 is 5.96 Å². The van der Waals surface area contributed by atoms with Gasteiger partial charge in [0.2, 0.25) is 0 Å². The van der Waals surface area contributed by atoms with Gasteiger partial charge in [-0.25, -0.2) is 0 Å². The van der Waals surface area contributed by atoms with Crippen molar-refractivity contribution in [2.45, 2.75) is 78.0 Å². The van der Waals surface area contributed by atoms with E-state index in [4.69, 9.17) is 14.5 Å². The highest BCUT2D eigenvalue weighted by Gasteiger charge is 2.65. The number of rotatable bonds is 5. The van der Waals surface area contributed by atoms with Gasteiger partial charge in [-0.15, -0.1) is 0 Å². The van der Waals surface area contributed by atoms with Gasteiger partial charge >= 0.3 is 0 Å². The highest BCUT2D eigenvalue weighted by molar-refractivity contribution is 5.80. The maximum absolute atomic E-state index is 6.10. The molecule has 0 aromatic heterocycles. The third-order valence-corrected chi connectivity index (χ3v) is 6.59. The second kappa shape index (κ2) is 7.43. The number of nitrogens with one attached hydrogen (secondary N) is 2. The standard InChI is InChI=1S/C20H37N3O2/c1-6-21-18(22-13-15(24-5)19(2,3)4)23-16-14-9-12-25-17(14)20(16)10-7-8-11-20/h14-17H,6-13H2,1-5H3,(H2,21,22,23). The zero-order valence-corrected chi connectivity index (χ0v) is 16.7. The average Bonchev–Trinajstić information content (AvgIpc) is 3.20. The van der Waals surface area contributed by atoms with Gasteiger partial charge in [0.1, 0.15) is 0 Å². The maximum Gasteiger partial charge on any atom is 0.191 e. The summed E-state index contributed by atoms with van der Waals surface area (Å²) in [6.07, 6.45) is 7.07. The second-order valence-electron chi connectivity index (χ2n) is 9.12. The van der Waals surface area contributed by atoms with Crippen LogP contribution in [0.1, 0.15) is 59.8 Å². The van der Waals surface area contributed by atoms with E-state index in [0.29, 0.717) is 30.0 Å². The molecule has 0 aromatic carbocycles. The lowest BCUT2D eigenvalue weighted by Gasteiger charge is -2.57. The molecule has 3 aliphatic rings. The van der Waals surface area contributed by atoms with Crippen molar-refractivity contribution in [2.75, 3.05) is 26.8 Å². The molecule has 5 nitrogen and oxygen atoms in total. The number of methoxy groups -OCH3 is 1. The van der Waals surface area contributed by atoms with Crippen molar-refractivity contribution in [3.63, 3.8) is 0 Å². The van der Waals surface area contributed by atoms with E-state index in [1.807, 2.05) is 0 Å². The number of guanidine groups is 1. The Labute approximate surface area is 153 Å². The van der Waals surface area contributed by atoms with Crippen molar-refractivity contribution in [1.82, 2.24) is 10.6 Å². The summed E-state index contributed by atoms with van der Waals surface area (Å²) in [5.41, 5.74) is 0.436. The average molecular weight is 352 g/mol. The predicted molar refractivity (Wildman–Crippen MR) is 102 cm³/mol. The summed E-state index contributed by atoms with van der Waals surface area (Å²) in [6.45, 7) is 11.2. The Balaban J connectivity index is 1.69. The smallest absolute Gasteiger partial charge is 0.191 e. The molecule has 0 amide bonds. The van der Waals surface area contributed by atoms with E-state index >= 15 is 0 Å². The van der Waals surface area contributed by atoms with Crippen LogP contribution >= 0.6 is 0 Å². The molecule has 144 valence electrons. The summed E-state index contributed by atoms with van der Waals surface area (Å²) in [4.78, 5) is 4.87. The van der Waals surface area contributed by atoms with Crippen molar-refractivity contribution in [3.05, 3.63) is 0 Å². The van der Waals surface area contributed by atoms with Crippen molar-refractivity contribution in [2.24, 2.45) is 21.7 Å².